The molecule has 114 valence electrons. The topological polar surface area (TPSA) is 76.5 Å². The smallest absolute Gasteiger partial charge is 0.210 e. The standard InChI is InChI=1S/C15H17N5OS/c1-4-20-15(17-18-19-20)22-10(3)14(21)13-9(2)16-12-8-6-5-7-11(12)13/h5-8,10,16H,4H2,1-3H3. The first-order chi connectivity index (χ1) is 10.6. The lowest BCUT2D eigenvalue weighted by Gasteiger charge is -2.09. The summed E-state index contributed by atoms with van der Waals surface area (Å²) in [6.45, 7) is 6.47. The highest BCUT2D eigenvalue weighted by molar-refractivity contribution is 8.00. The van der Waals surface area contributed by atoms with E-state index < -0.39 is 0 Å². The number of H-pyrrole nitrogens is 1. The van der Waals surface area contributed by atoms with Crippen molar-refractivity contribution in [2.75, 3.05) is 0 Å². The summed E-state index contributed by atoms with van der Waals surface area (Å²) in [6, 6.07) is 7.86. The molecule has 0 aliphatic rings. The van der Waals surface area contributed by atoms with E-state index in [4.69, 9.17) is 0 Å². The van der Waals surface area contributed by atoms with E-state index in [9.17, 15) is 4.79 Å². The number of tetrazole rings is 1. The summed E-state index contributed by atoms with van der Waals surface area (Å²) in [5, 5.41) is 12.9. The van der Waals surface area contributed by atoms with E-state index in [-0.39, 0.29) is 11.0 Å². The van der Waals surface area contributed by atoms with Crippen molar-refractivity contribution in [3.05, 3.63) is 35.5 Å². The van der Waals surface area contributed by atoms with Gasteiger partial charge in [-0.25, -0.2) is 4.68 Å². The fourth-order valence-electron chi connectivity index (χ4n) is 2.49. The van der Waals surface area contributed by atoms with Crippen LogP contribution in [-0.4, -0.2) is 36.2 Å². The monoisotopic (exact) mass is 315 g/mol. The number of aromatic nitrogens is 5. The zero-order valence-corrected chi connectivity index (χ0v) is 13.5. The second-order valence-electron chi connectivity index (χ2n) is 5.07. The van der Waals surface area contributed by atoms with E-state index in [1.54, 1.807) is 4.68 Å². The van der Waals surface area contributed by atoms with Crippen LogP contribution in [0, 0.1) is 6.92 Å². The van der Waals surface area contributed by atoms with Crippen LogP contribution in [0.4, 0.5) is 0 Å². The van der Waals surface area contributed by atoms with Crippen molar-refractivity contribution >= 4 is 28.4 Å². The van der Waals surface area contributed by atoms with Crippen molar-refractivity contribution in [1.82, 2.24) is 25.2 Å². The van der Waals surface area contributed by atoms with Crippen molar-refractivity contribution < 1.29 is 4.79 Å². The third-order valence-corrected chi connectivity index (χ3v) is 4.66. The Morgan fingerprint density at radius 1 is 1.41 bits per heavy atom. The minimum absolute atomic E-state index is 0.0885. The van der Waals surface area contributed by atoms with Gasteiger partial charge in [-0.1, -0.05) is 30.0 Å². The Morgan fingerprint density at radius 3 is 2.95 bits per heavy atom. The highest BCUT2D eigenvalue weighted by Crippen LogP contribution is 2.28. The van der Waals surface area contributed by atoms with Crippen LogP contribution < -0.4 is 0 Å². The number of Topliss-reactive ketones (excluding diaryl/α,β-unsaturated/α-hetero) is 1. The van der Waals surface area contributed by atoms with Crippen molar-refractivity contribution in [3.63, 3.8) is 0 Å². The van der Waals surface area contributed by atoms with Gasteiger partial charge in [0.1, 0.15) is 0 Å². The van der Waals surface area contributed by atoms with Crippen molar-refractivity contribution in [3.8, 4) is 0 Å². The molecule has 0 bridgehead atoms. The first kappa shape index (κ1) is 14.8. The van der Waals surface area contributed by atoms with Gasteiger partial charge >= 0.3 is 0 Å². The number of nitrogens with one attached hydrogen (secondary N) is 1. The van der Waals surface area contributed by atoms with Crippen molar-refractivity contribution in [1.29, 1.82) is 0 Å². The number of thioether (sulfide) groups is 1. The van der Waals surface area contributed by atoms with E-state index in [0.717, 1.165) is 22.2 Å². The van der Waals surface area contributed by atoms with Crippen LogP contribution in [-0.2, 0) is 6.54 Å². The molecule has 0 aliphatic heterocycles. The lowest BCUT2D eigenvalue weighted by Crippen LogP contribution is -2.15. The van der Waals surface area contributed by atoms with Crippen molar-refractivity contribution in [2.24, 2.45) is 0 Å². The number of benzene rings is 1. The summed E-state index contributed by atoms with van der Waals surface area (Å²) in [7, 11) is 0. The first-order valence-corrected chi connectivity index (χ1v) is 8.04. The zero-order valence-electron chi connectivity index (χ0n) is 12.7. The molecule has 0 spiro atoms. The van der Waals surface area contributed by atoms with Crippen LogP contribution in [0.25, 0.3) is 10.9 Å². The molecule has 3 rings (SSSR count). The van der Waals surface area contributed by atoms with Gasteiger partial charge in [-0.15, -0.1) is 5.10 Å². The molecule has 1 unspecified atom stereocenters. The highest BCUT2D eigenvalue weighted by Gasteiger charge is 2.24. The Balaban J connectivity index is 1.90. The number of ketones is 1. The maximum Gasteiger partial charge on any atom is 0.210 e. The molecule has 2 heterocycles. The minimum atomic E-state index is -0.255. The molecule has 6 nitrogen and oxygen atoms in total. The summed E-state index contributed by atoms with van der Waals surface area (Å²) >= 11 is 1.39. The quantitative estimate of drug-likeness (QED) is 0.579. The van der Waals surface area contributed by atoms with Gasteiger partial charge in [0.15, 0.2) is 5.78 Å². The molecular formula is C15H17N5OS. The van der Waals surface area contributed by atoms with E-state index in [1.165, 1.54) is 11.8 Å². The normalized spacial score (nSPS) is 12.7. The van der Waals surface area contributed by atoms with Gasteiger partial charge in [-0.2, -0.15) is 0 Å². The van der Waals surface area contributed by atoms with Gasteiger partial charge < -0.3 is 4.98 Å². The number of aromatic amines is 1. The number of fused-ring (bicyclic) bond motifs is 1. The Kier molecular flexibility index (Phi) is 3.98. The summed E-state index contributed by atoms with van der Waals surface area (Å²) in [5.74, 6) is 0.0885. The van der Waals surface area contributed by atoms with Crippen LogP contribution >= 0.6 is 11.8 Å². The van der Waals surface area contributed by atoms with Crippen molar-refractivity contribution in [2.45, 2.75) is 37.7 Å². The molecule has 0 saturated carbocycles. The van der Waals surface area contributed by atoms with E-state index >= 15 is 0 Å². The maximum atomic E-state index is 12.8. The molecular weight excluding hydrogens is 298 g/mol. The van der Waals surface area contributed by atoms with Gasteiger partial charge in [0.25, 0.3) is 0 Å². The minimum Gasteiger partial charge on any atom is -0.358 e. The molecule has 1 atom stereocenters. The number of aryl methyl sites for hydroxylation is 2. The lowest BCUT2D eigenvalue weighted by molar-refractivity contribution is 0.0995. The van der Waals surface area contributed by atoms with E-state index in [0.29, 0.717) is 11.7 Å². The molecule has 0 amide bonds. The fourth-order valence-corrected chi connectivity index (χ4v) is 3.40. The number of para-hydroxylation sites is 1. The van der Waals surface area contributed by atoms with Crippen LogP contribution in [0.5, 0.6) is 0 Å². The molecule has 1 aromatic carbocycles. The third-order valence-electron chi connectivity index (χ3n) is 3.59. The Morgan fingerprint density at radius 2 is 2.18 bits per heavy atom. The zero-order chi connectivity index (χ0) is 15.7. The summed E-state index contributed by atoms with van der Waals surface area (Å²) in [5.41, 5.74) is 2.64. The summed E-state index contributed by atoms with van der Waals surface area (Å²) < 4.78 is 1.69. The highest BCUT2D eigenvalue weighted by atomic mass is 32.2. The van der Waals surface area contributed by atoms with Crippen LogP contribution in [0.15, 0.2) is 29.4 Å². The van der Waals surface area contributed by atoms with Gasteiger partial charge in [0.05, 0.1) is 5.25 Å². The predicted molar refractivity (Wildman–Crippen MR) is 86.2 cm³/mol. The van der Waals surface area contributed by atoms with Gasteiger partial charge in [0, 0.05) is 28.7 Å². The average Bonchev–Trinajstić information content (AvgIpc) is 3.09. The second-order valence-corrected chi connectivity index (χ2v) is 6.38. The molecule has 0 fully saturated rings. The van der Waals surface area contributed by atoms with Gasteiger partial charge in [-0.05, 0) is 37.3 Å². The summed E-state index contributed by atoms with van der Waals surface area (Å²) in [6.07, 6.45) is 0. The second kappa shape index (κ2) is 5.92. The number of carbonyl (C=O) groups excluding carboxylic acids is 1. The number of hydrogen-bond donors (Lipinski definition) is 1. The van der Waals surface area contributed by atoms with Crippen LogP contribution in [0.1, 0.15) is 29.9 Å². The molecule has 7 heteroatoms. The summed E-state index contributed by atoms with van der Waals surface area (Å²) in [4.78, 5) is 16.1. The molecule has 0 radical (unpaired) electrons. The molecule has 1 N–H and O–H groups in total. The first-order valence-electron chi connectivity index (χ1n) is 7.16. The SMILES string of the molecule is CCn1nnnc1SC(C)C(=O)c1c(C)[nH]c2ccccc12. The third kappa shape index (κ3) is 2.52. The van der Waals surface area contributed by atoms with E-state index in [2.05, 4.69) is 20.5 Å². The van der Waals surface area contributed by atoms with Crippen LogP contribution in [0.2, 0.25) is 0 Å². The lowest BCUT2D eigenvalue weighted by atomic mass is 10.1. The number of carbonyl (C=O) groups is 1. The Hall–Kier alpha value is -2.15. The van der Waals surface area contributed by atoms with Gasteiger partial charge in [0.2, 0.25) is 5.16 Å². The molecule has 0 aliphatic carbocycles. The van der Waals surface area contributed by atoms with E-state index in [1.807, 2.05) is 45.0 Å². The Labute approximate surface area is 132 Å². The average molecular weight is 315 g/mol. The number of hydrogen-bond acceptors (Lipinski definition) is 5. The molecule has 0 saturated heterocycles. The number of nitrogens with zero attached hydrogens (tertiary/aromatic N) is 4. The maximum absolute atomic E-state index is 12.8. The molecule has 2 aromatic heterocycles. The van der Waals surface area contributed by atoms with Crippen LogP contribution in [0.3, 0.4) is 0 Å². The molecule has 3 aromatic rings. The number of rotatable bonds is 5. The molecule has 22 heavy (non-hydrogen) atoms. The van der Waals surface area contributed by atoms with Gasteiger partial charge in [-0.3, -0.25) is 4.79 Å². The predicted octanol–water partition coefficient (Wildman–Crippen LogP) is 2.85. The Bertz CT molecular complexity index is 822. The largest absolute Gasteiger partial charge is 0.358 e. The fraction of sp³-hybridized carbons (Fsp3) is 0.333.